The quantitative estimate of drug-likeness (QED) is 0.514. The first kappa shape index (κ1) is 12.4. The van der Waals surface area contributed by atoms with E-state index in [1.807, 2.05) is 0 Å². The van der Waals surface area contributed by atoms with Crippen molar-refractivity contribution >= 4 is 5.97 Å². The summed E-state index contributed by atoms with van der Waals surface area (Å²) in [5.41, 5.74) is -1.00. The Morgan fingerprint density at radius 1 is 1.31 bits per heavy atom. The first-order valence-corrected chi connectivity index (χ1v) is 4.58. The van der Waals surface area contributed by atoms with Crippen LogP contribution in [-0.4, -0.2) is 34.5 Å². The lowest BCUT2D eigenvalue weighted by Gasteiger charge is -2.25. The number of hydrogen-bond donors (Lipinski definition) is 3. The van der Waals surface area contributed by atoms with Crippen molar-refractivity contribution in [2.24, 2.45) is 5.41 Å². The predicted octanol–water partition coefficient (Wildman–Crippen LogP) is 0.622. The van der Waals surface area contributed by atoms with Crippen molar-refractivity contribution in [1.82, 2.24) is 0 Å². The normalized spacial score (nSPS) is 15.3. The molecular weight excluding hydrogens is 172 g/mol. The van der Waals surface area contributed by atoms with E-state index in [0.717, 1.165) is 0 Å². The highest BCUT2D eigenvalue weighted by molar-refractivity contribution is 5.74. The van der Waals surface area contributed by atoms with Crippen molar-refractivity contribution in [2.45, 2.75) is 32.6 Å². The van der Waals surface area contributed by atoms with Gasteiger partial charge in [-0.1, -0.05) is 6.92 Å². The van der Waals surface area contributed by atoms with Crippen molar-refractivity contribution in [3.63, 3.8) is 0 Å². The third-order valence-corrected chi connectivity index (χ3v) is 2.50. The van der Waals surface area contributed by atoms with Crippen LogP contribution < -0.4 is 0 Å². The molecule has 0 radical (unpaired) electrons. The molecule has 0 spiro atoms. The summed E-state index contributed by atoms with van der Waals surface area (Å²) >= 11 is 0. The van der Waals surface area contributed by atoms with Gasteiger partial charge in [0.05, 0.1) is 12.0 Å². The van der Waals surface area contributed by atoms with Gasteiger partial charge in [0, 0.05) is 6.61 Å². The maximum atomic E-state index is 10.9. The monoisotopic (exact) mass is 190 g/mol. The standard InChI is InChI=1S/C9H18O4/c1-2-9(7-11,8(12)13)5-3-4-6-10/h10-11H,2-7H2,1H3,(H,12,13). The van der Waals surface area contributed by atoms with E-state index in [1.165, 1.54) is 0 Å². The minimum absolute atomic E-state index is 0.0742. The van der Waals surface area contributed by atoms with Crippen molar-refractivity contribution < 1.29 is 20.1 Å². The molecule has 4 nitrogen and oxygen atoms in total. The first-order chi connectivity index (χ1) is 6.13. The molecule has 1 unspecified atom stereocenters. The maximum absolute atomic E-state index is 10.9. The molecule has 0 heterocycles. The maximum Gasteiger partial charge on any atom is 0.311 e. The second-order valence-corrected chi connectivity index (χ2v) is 3.28. The van der Waals surface area contributed by atoms with E-state index in [0.29, 0.717) is 25.7 Å². The van der Waals surface area contributed by atoms with Crippen LogP contribution in [0.5, 0.6) is 0 Å². The summed E-state index contributed by atoms with van der Waals surface area (Å²) in [6.07, 6.45) is 2.08. The van der Waals surface area contributed by atoms with Gasteiger partial charge in [-0.3, -0.25) is 4.79 Å². The smallest absolute Gasteiger partial charge is 0.311 e. The van der Waals surface area contributed by atoms with Crippen LogP contribution in [0, 0.1) is 5.41 Å². The van der Waals surface area contributed by atoms with E-state index in [4.69, 9.17) is 15.3 Å². The highest BCUT2D eigenvalue weighted by Crippen LogP contribution is 2.28. The van der Waals surface area contributed by atoms with Gasteiger partial charge < -0.3 is 15.3 Å². The van der Waals surface area contributed by atoms with Crippen LogP contribution in [0.1, 0.15) is 32.6 Å². The molecule has 0 saturated heterocycles. The molecule has 4 heteroatoms. The molecule has 0 fully saturated rings. The van der Waals surface area contributed by atoms with E-state index < -0.39 is 11.4 Å². The van der Waals surface area contributed by atoms with Crippen molar-refractivity contribution in [1.29, 1.82) is 0 Å². The molecule has 0 aliphatic heterocycles. The van der Waals surface area contributed by atoms with Crippen LogP contribution in [0.15, 0.2) is 0 Å². The Bertz CT molecular complexity index is 152. The van der Waals surface area contributed by atoms with Crippen LogP contribution in [0.25, 0.3) is 0 Å². The lowest BCUT2D eigenvalue weighted by molar-refractivity contribution is -0.152. The van der Waals surface area contributed by atoms with Crippen LogP contribution >= 0.6 is 0 Å². The van der Waals surface area contributed by atoms with Gasteiger partial charge >= 0.3 is 5.97 Å². The Morgan fingerprint density at radius 2 is 1.92 bits per heavy atom. The number of aliphatic hydroxyl groups is 2. The number of carboxylic acids is 1. The molecule has 0 saturated carbocycles. The average molecular weight is 190 g/mol. The zero-order valence-electron chi connectivity index (χ0n) is 7.99. The van der Waals surface area contributed by atoms with Gasteiger partial charge in [0.15, 0.2) is 0 Å². The Morgan fingerprint density at radius 3 is 2.23 bits per heavy atom. The first-order valence-electron chi connectivity index (χ1n) is 4.58. The summed E-state index contributed by atoms with van der Waals surface area (Å²) in [7, 11) is 0. The van der Waals surface area contributed by atoms with Crippen molar-refractivity contribution in [2.75, 3.05) is 13.2 Å². The van der Waals surface area contributed by atoms with Gasteiger partial charge in [-0.2, -0.15) is 0 Å². The number of rotatable bonds is 7. The average Bonchev–Trinajstić information content (AvgIpc) is 2.13. The summed E-state index contributed by atoms with van der Waals surface area (Å²) in [6.45, 7) is 1.50. The largest absolute Gasteiger partial charge is 0.481 e. The van der Waals surface area contributed by atoms with Crippen LogP contribution in [-0.2, 0) is 4.79 Å². The fourth-order valence-electron chi connectivity index (χ4n) is 1.27. The lowest BCUT2D eigenvalue weighted by Crippen LogP contribution is -2.34. The SMILES string of the molecule is CCC(CO)(CCCCO)C(=O)O. The number of aliphatic carboxylic acids is 1. The van der Waals surface area contributed by atoms with E-state index in [1.54, 1.807) is 6.92 Å². The molecule has 1 atom stereocenters. The molecule has 13 heavy (non-hydrogen) atoms. The van der Waals surface area contributed by atoms with E-state index in [9.17, 15) is 4.79 Å². The molecule has 3 N–H and O–H groups in total. The topological polar surface area (TPSA) is 77.8 Å². The third kappa shape index (κ3) is 3.32. The van der Waals surface area contributed by atoms with Crippen LogP contribution in [0.4, 0.5) is 0 Å². The Hall–Kier alpha value is -0.610. The zero-order chi connectivity index (χ0) is 10.3. The van der Waals surface area contributed by atoms with Crippen molar-refractivity contribution in [3.05, 3.63) is 0 Å². The molecule has 0 rings (SSSR count). The molecule has 0 amide bonds. The molecule has 0 bridgehead atoms. The Kier molecular flexibility index (Phi) is 5.66. The summed E-state index contributed by atoms with van der Waals surface area (Å²) in [5.74, 6) is -0.949. The van der Waals surface area contributed by atoms with E-state index >= 15 is 0 Å². The second kappa shape index (κ2) is 5.94. The van der Waals surface area contributed by atoms with Gasteiger partial charge in [-0.05, 0) is 25.7 Å². The number of unbranched alkanes of at least 4 members (excludes halogenated alkanes) is 1. The molecule has 78 valence electrons. The van der Waals surface area contributed by atoms with Crippen LogP contribution in [0.2, 0.25) is 0 Å². The summed E-state index contributed by atoms with van der Waals surface area (Å²) in [6, 6.07) is 0. The Balaban J connectivity index is 4.14. The fraction of sp³-hybridized carbons (Fsp3) is 0.889. The summed E-state index contributed by atoms with van der Waals surface area (Å²) < 4.78 is 0. The van der Waals surface area contributed by atoms with Gasteiger partial charge in [0.1, 0.15) is 0 Å². The molecular formula is C9H18O4. The number of carbonyl (C=O) groups is 1. The van der Waals surface area contributed by atoms with Gasteiger partial charge in [0.25, 0.3) is 0 Å². The fourth-order valence-corrected chi connectivity index (χ4v) is 1.27. The number of aliphatic hydroxyl groups excluding tert-OH is 2. The Labute approximate surface area is 78.2 Å². The van der Waals surface area contributed by atoms with Crippen LogP contribution in [0.3, 0.4) is 0 Å². The molecule has 0 aliphatic carbocycles. The molecule has 0 aromatic carbocycles. The van der Waals surface area contributed by atoms with E-state index in [-0.39, 0.29) is 13.2 Å². The lowest BCUT2D eigenvalue weighted by atomic mass is 9.81. The minimum Gasteiger partial charge on any atom is -0.481 e. The highest BCUT2D eigenvalue weighted by atomic mass is 16.4. The molecule has 0 aliphatic rings. The number of carboxylic acid groups (broad SMARTS) is 1. The van der Waals surface area contributed by atoms with Crippen molar-refractivity contribution in [3.8, 4) is 0 Å². The summed E-state index contributed by atoms with van der Waals surface area (Å²) in [4.78, 5) is 10.9. The van der Waals surface area contributed by atoms with Gasteiger partial charge in [0.2, 0.25) is 0 Å². The van der Waals surface area contributed by atoms with Gasteiger partial charge in [-0.15, -0.1) is 0 Å². The van der Waals surface area contributed by atoms with E-state index in [2.05, 4.69) is 0 Å². The third-order valence-electron chi connectivity index (χ3n) is 2.50. The zero-order valence-corrected chi connectivity index (χ0v) is 7.99. The minimum atomic E-state index is -1.00. The highest BCUT2D eigenvalue weighted by Gasteiger charge is 2.35. The molecule has 0 aromatic rings. The van der Waals surface area contributed by atoms with Gasteiger partial charge in [-0.25, -0.2) is 0 Å². The number of hydrogen-bond acceptors (Lipinski definition) is 3. The molecule has 0 aromatic heterocycles. The predicted molar refractivity (Wildman–Crippen MR) is 48.4 cm³/mol. The summed E-state index contributed by atoms with van der Waals surface area (Å²) in [5, 5.41) is 26.4. The second-order valence-electron chi connectivity index (χ2n) is 3.28.